The molecule has 1 aromatic heterocycles. The van der Waals surface area contributed by atoms with E-state index in [0.717, 1.165) is 16.5 Å². The van der Waals surface area contributed by atoms with Crippen LogP contribution in [0.5, 0.6) is 0 Å². The van der Waals surface area contributed by atoms with Crippen LogP contribution >= 0.6 is 0 Å². The van der Waals surface area contributed by atoms with Crippen molar-refractivity contribution in [3.05, 3.63) is 36.0 Å². The molecule has 110 heavy (non-hydrogen) atoms. The number of rotatable bonds is 45. The Bertz CT molecular complexity index is 3660. The summed E-state index contributed by atoms with van der Waals surface area (Å²) in [5, 5.41) is 58.8. The molecular weight excluding hydrogens is 1430 g/mol. The summed E-state index contributed by atoms with van der Waals surface area (Å²) in [5.41, 5.74) is 3.26. The summed E-state index contributed by atoms with van der Waals surface area (Å²) in [6.07, 6.45) is 0.813. The first-order valence-corrected chi connectivity index (χ1v) is 36.6. The van der Waals surface area contributed by atoms with Crippen LogP contribution in [0.25, 0.3) is 10.9 Å². The monoisotopic (exact) mass is 1550 g/mol. The van der Waals surface area contributed by atoms with E-state index in [9.17, 15) is 91.7 Å². The van der Waals surface area contributed by atoms with Gasteiger partial charge in [-0.15, -0.1) is 0 Å². The number of benzene rings is 1. The van der Waals surface area contributed by atoms with Gasteiger partial charge in [0.2, 0.25) is 100 Å². The Balaban J connectivity index is 2.13. The van der Waals surface area contributed by atoms with Gasteiger partial charge in [0.05, 0.1) is 19.3 Å². The van der Waals surface area contributed by atoms with Crippen molar-refractivity contribution < 1.29 is 91.7 Å². The average molecular weight is 1550 g/mol. The van der Waals surface area contributed by atoms with Crippen molar-refractivity contribution in [2.45, 2.75) is 278 Å². The molecular formula is C73H120N18O19. The number of aromatic amines is 1. The average Bonchev–Trinajstić information content (AvgIpc) is 1.47. The smallest absolute Gasteiger partial charge is 0.246 e. The van der Waals surface area contributed by atoms with Crippen LogP contribution in [-0.4, -0.2) is 217 Å². The number of aromatic nitrogens is 1. The Morgan fingerprint density at radius 2 is 0.836 bits per heavy atom. The van der Waals surface area contributed by atoms with Crippen LogP contribution < -0.4 is 91.2 Å². The quantitative estimate of drug-likeness (QED) is 0.0310. The second-order valence-electron chi connectivity index (χ2n) is 31.3. The first kappa shape index (κ1) is 95.7. The molecule has 17 amide bonds. The third kappa shape index (κ3) is 30.3. The maximum absolute atomic E-state index is 14.0. The predicted octanol–water partition coefficient (Wildman–Crippen LogP) is -3.23. The minimum absolute atomic E-state index is 0.0334. The van der Waals surface area contributed by atoms with Crippen LogP contribution in [0.4, 0.5) is 0 Å². The van der Waals surface area contributed by atoms with Gasteiger partial charge in [-0.25, -0.2) is 0 Å². The number of hydrogen-bond acceptors (Lipinski definition) is 19. The third-order valence-electron chi connectivity index (χ3n) is 18.0. The molecule has 11 atom stereocenters. The van der Waals surface area contributed by atoms with Gasteiger partial charge in [0.25, 0.3) is 0 Å². The van der Waals surface area contributed by atoms with E-state index in [2.05, 4.69) is 84.7 Å². The van der Waals surface area contributed by atoms with Crippen LogP contribution in [0.15, 0.2) is 30.5 Å². The van der Waals surface area contributed by atoms with Gasteiger partial charge in [0.1, 0.15) is 82.1 Å². The molecule has 37 heteroatoms. The molecule has 0 saturated heterocycles. The van der Waals surface area contributed by atoms with E-state index in [-0.39, 0.29) is 43.9 Å². The van der Waals surface area contributed by atoms with E-state index in [1.54, 1.807) is 40.8 Å². The second kappa shape index (κ2) is 42.0. The lowest BCUT2D eigenvalue weighted by Crippen LogP contribution is -2.66. The minimum Gasteiger partial charge on any atom is -0.394 e. The van der Waals surface area contributed by atoms with E-state index in [1.807, 2.05) is 38.1 Å². The van der Waals surface area contributed by atoms with E-state index < -0.39 is 221 Å². The van der Waals surface area contributed by atoms with Crippen LogP contribution in [0, 0.1) is 17.8 Å². The zero-order valence-corrected chi connectivity index (χ0v) is 67.0. The van der Waals surface area contributed by atoms with Crippen molar-refractivity contribution in [3.8, 4) is 0 Å². The summed E-state index contributed by atoms with van der Waals surface area (Å²) in [4.78, 5) is 232. The topological polar surface area (TPSA) is 579 Å². The van der Waals surface area contributed by atoms with Crippen molar-refractivity contribution >= 4 is 111 Å². The fraction of sp³-hybridized carbons (Fsp3) is 0.658. The zero-order valence-electron chi connectivity index (χ0n) is 67.0. The molecule has 22 N–H and O–H groups in total. The SMILES string of the molecule is CC[C@](C)(NC(=O)C(C)(C)NC(=O)[C@@H](NC(=O)[C@H](Cc1c[nH]c2ccccc12)NC(C)=O)C(C)C)C(=O)N[C@@H](C)C(=O)N[C@@H](CCC(N)=O)C(=O)N[C@@H](C)C(=O)NC(C)(C)C(=O)N[C@@H](CO)C(=O)NC(C)(C)C(=O)N[C@@H](C)C(=O)N[C@@H](CC(C)C)C(=O)NC(C)(C)C(=O)N[C@@H](CCC(N)=O)C(=O)N[C@H](CO)CC(C)C. The van der Waals surface area contributed by atoms with E-state index >= 15 is 0 Å². The number of H-pyrrole nitrogens is 1. The summed E-state index contributed by atoms with van der Waals surface area (Å²) in [6, 6.07) is -5.85. The number of primary amides is 2. The summed E-state index contributed by atoms with van der Waals surface area (Å²) in [5.74, 6) is -15.3. The molecule has 2 aromatic rings. The van der Waals surface area contributed by atoms with E-state index in [1.165, 1.54) is 90.0 Å². The molecule has 0 aliphatic heterocycles. The van der Waals surface area contributed by atoms with Crippen LogP contribution in [0.3, 0.4) is 0 Å². The largest absolute Gasteiger partial charge is 0.394 e. The summed E-state index contributed by atoms with van der Waals surface area (Å²) < 4.78 is 0. The number of aliphatic hydroxyl groups is 2. The van der Waals surface area contributed by atoms with Gasteiger partial charge in [0, 0.05) is 43.3 Å². The van der Waals surface area contributed by atoms with Gasteiger partial charge >= 0.3 is 0 Å². The normalized spacial score (nSPS) is 15.1. The van der Waals surface area contributed by atoms with Gasteiger partial charge in [0.15, 0.2) is 0 Å². The van der Waals surface area contributed by atoms with Crippen LogP contribution in [0.2, 0.25) is 0 Å². The number of para-hydroxylation sites is 1. The van der Waals surface area contributed by atoms with Gasteiger partial charge in [-0.05, 0) is 145 Å². The Morgan fingerprint density at radius 3 is 1.31 bits per heavy atom. The summed E-state index contributed by atoms with van der Waals surface area (Å²) in [6.45, 7) is 27.4. The molecule has 0 bridgehead atoms. The third-order valence-corrected chi connectivity index (χ3v) is 18.0. The maximum atomic E-state index is 14.0. The molecule has 0 radical (unpaired) electrons. The number of carbonyl (C=O) groups excluding carboxylic acids is 17. The van der Waals surface area contributed by atoms with Crippen molar-refractivity contribution in [2.75, 3.05) is 13.2 Å². The van der Waals surface area contributed by atoms with Gasteiger partial charge < -0.3 is 106 Å². The standard InChI is InChI=1S/C73H120N18O19/c1-21-73(20,91-67(109)72(18,19)90-63(105)54(38(6)7)86-60(102)50(80-42(11)94)32-43-33-76-46-25-23-22-24-45(43)46)68(110)79-40(9)55(97)82-47(26-28-52(74)95)58(100)77-41(10)57(99)87-70(14,15)66(108)85-51(35-93)62(104)89-69(12,13)64(106)78-39(8)56(98)83-49(31-37(4)5)61(103)88-71(16,17)65(107)84-48(27-29-53(75)96)59(101)81-44(34-92)30-36(2)3/h22-25,33,36-41,44,47-51,54,76,92-93H,21,26-32,34-35H2,1-20H3,(H2,74,95)(H2,75,96)(H,77,100)(H,78,106)(H,79,110)(H,80,94)(H,81,101)(H,82,97)(H,83,98)(H,84,107)(H,85,108)(H,86,102)(H,87,99)(H,88,103)(H,89,104)(H,90,105)(H,91,109)/t39-,40-,41-,44-,47-,48-,49-,50-,51-,54-,73-/m0/s1. The molecule has 0 spiro atoms. The van der Waals surface area contributed by atoms with Gasteiger partial charge in [-0.2, -0.15) is 0 Å². The van der Waals surface area contributed by atoms with E-state index in [0.29, 0.717) is 6.42 Å². The highest BCUT2D eigenvalue weighted by molar-refractivity contribution is 6.03. The fourth-order valence-corrected chi connectivity index (χ4v) is 10.9. The van der Waals surface area contributed by atoms with Gasteiger partial charge in [-0.1, -0.05) is 66.7 Å². The number of aliphatic hydroxyl groups excluding tert-OH is 2. The van der Waals surface area contributed by atoms with Crippen molar-refractivity contribution in [1.82, 2.24) is 84.7 Å². The molecule has 2 rings (SSSR count). The van der Waals surface area contributed by atoms with Crippen molar-refractivity contribution in [1.29, 1.82) is 0 Å². The maximum Gasteiger partial charge on any atom is 0.246 e. The molecule has 1 aromatic carbocycles. The van der Waals surface area contributed by atoms with Crippen LogP contribution in [0.1, 0.15) is 189 Å². The molecule has 0 unspecified atom stereocenters. The molecule has 37 nitrogen and oxygen atoms in total. The van der Waals surface area contributed by atoms with E-state index in [4.69, 9.17) is 11.5 Å². The lowest BCUT2D eigenvalue weighted by Gasteiger charge is -2.35. The molecule has 0 fully saturated rings. The van der Waals surface area contributed by atoms with Crippen LogP contribution in [-0.2, 0) is 87.9 Å². The molecule has 0 aliphatic carbocycles. The van der Waals surface area contributed by atoms with Gasteiger partial charge in [-0.3, -0.25) is 81.5 Å². The Kier molecular flexibility index (Phi) is 36.6. The number of carbonyl (C=O) groups is 17. The molecule has 616 valence electrons. The number of nitrogens with one attached hydrogen (secondary N) is 16. The molecule has 1 heterocycles. The number of hydrogen-bond donors (Lipinski definition) is 20. The lowest BCUT2D eigenvalue weighted by molar-refractivity contribution is -0.140. The highest BCUT2D eigenvalue weighted by atomic mass is 16.3. The second-order valence-corrected chi connectivity index (χ2v) is 31.3. The van der Waals surface area contributed by atoms with Crippen molar-refractivity contribution in [2.24, 2.45) is 29.2 Å². The highest BCUT2D eigenvalue weighted by Gasteiger charge is 2.44. The highest BCUT2D eigenvalue weighted by Crippen LogP contribution is 2.21. The molecule has 0 saturated carbocycles. The number of fused-ring (bicyclic) bond motifs is 1. The molecule has 0 aliphatic rings. The lowest BCUT2D eigenvalue weighted by atomic mass is 9.93. The first-order valence-electron chi connectivity index (χ1n) is 36.6. The first-order chi connectivity index (χ1) is 50.7. The Morgan fingerprint density at radius 1 is 0.418 bits per heavy atom. The predicted molar refractivity (Wildman–Crippen MR) is 405 cm³/mol. The minimum atomic E-state index is -1.92. The number of amides is 17. The summed E-state index contributed by atoms with van der Waals surface area (Å²) >= 11 is 0. The Hall–Kier alpha value is -10.3. The zero-order chi connectivity index (χ0) is 84.5. The van der Waals surface area contributed by atoms with Crippen molar-refractivity contribution in [3.63, 3.8) is 0 Å². The fourth-order valence-electron chi connectivity index (χ4n) is 10.9. The summed E-state index contributed by atoms with van der Waals surface area (Å²) in [7, 11) is 0. The Labute approximate surface area is 641 Å². The number of nitrogens with two attached hydrogens (primary N) is 2.